The van der Waals surface area contributed by atoms with Crippen LogP contribution in [0.1, 0.15) is 47.0 Å². The first-order valence-corrected chi connectivity index (χ1v) is 6.92. The normalized spacial score (nSPS) is 13.2. The van der Waals surface area contributed by atoms with E-state index in [0.29, 0.717) is 19.3 Å². The molecule has 0 aliphatic rings. The van der Waals surface area contributed by atoms with E-state index in [-0.39, 0.29) is 0 Å². The van der Waals surface area contributed by atoms with E-state index in [1.54, 1.807) is 20.8 Å². The Bertz CT molecular complexity index is 361. The highest BCUT2D eigenvalue weighted by Crippen LogP contribution is 2.10. The number of methoxy groups -OCH3 is 1. The number of hydrogen-bond donors (Lipinski definition) is 3. The zero-order valence-corrected chi connectivity index (χ0v) is 13.9. The van der Waals surface area contributed by atoms with Crippen molar-refractivity contribution in [1.82, 2.24) is 0 Å². The smallest absolute Gasteiger partial charge is 0.323 e. The van der Waals surface area contributed by atoms with Gasteiger partial charge in [0.15, 0.2) is 0 Å². The molecule has 5 N–H and O–H groups in total. The van der Waals surface area contributed by atoms with Gasteiger partial charge in [0.2, 0.25) is 0 Å². The van der Waals surface area contributed by atoms with Crippen LogP contribution in [0, 0.1) is 0 Å². The van der Waals surface area contributed by atoms with Crippen LogP contribution in [0.5, 0.6) is 0 Å². The highest BCUT2D eigenvalue weighted by molar-refractivity contribution is 5.76. The minimum absolute atomic E-state index is 0.430. The summed E-state index contributed by atoms with van der Waals surface area (Å²) in [7, 11) is 1.29. The predicted octanol–water partition coefficient (Wildman–Crippen LogP) is 0.417. The third-order valence-corrected chi connectivity index (χ3v) is 2.24. The van der Waals surface area contributed by atoms with Crippen molar-refractivity contribution in [1.29, 1.82) is 0 Å². The molecule has 0 aliphatic carbocycles. The van der Waals surface area contributed by atoms with Gasteiger partial charge in [-0.25, -0.2) is 0 Å². The first-order valence-electron chi connectivity index (χ1n) is 6.92. The molecule has 0 heterocycles. The number of hydrogen-bond acceptors (Lipinski definition) is 7. The van der Waals surface area contributed by atoms with Crippen molar-refractivity contribution < 1.29 is 29.0 Å². The molecule has 8 nitrogen and oxygen atoms in total. The molecule has 0 saturated heterocycles. The number of esters is 2. The molecule has 0 aliphatic heterocycles. The van der Waals surface area contributed by atoms with E-state index >= 15 is 0 Å². The summed E-state index contributed by atoms with van der Waals surface area (Å²) in [4.78, 5) is 31.6. The molecular formula is C14H28N2O6. The van der Waals surface area contributed by atoms with Gasteiger partial charge in [0, 0.05) is 6.92 Å². The van der Waals surface area contributed by atoms with Crippen LogP contribution in [0.25, 0.3) is 0 Å². The highest BCUT2D eigenvalue weighted by atomic mass is 16.6. The fraction of sp³-hybridized carbons (Fsp3) is 0.786. The van der Waals surface area contributed by atoms with Crippen molar-refractivity contribution in [3.8, 4) is 0 Å². The quantitative estimate of drug-likeness (QED) is 0.597. The van der Waals surface area contributed by atoms with Crippen molar-refractivity contribution in [3.05, 3.63) is 0 Å². The zero-order valence-electron chi connectivity index (χ0n) is 13.9. The molecule has 2 atom stereocenters. The lowest BCUT2D eigenvalue weighted by Crippen LogP contribution is -2.38. The molecule has 130 valence electrons. The van der Waals surface area contributed by atoms with E-state index in [9.17, 15) is 9.59 Å². The summed E-state index contributed by atoms with van der Waals surface area (Å²) in [5.74, 6) is -1.73. The summed E-state index contributed by atoms with van der Waals surface area (Å²) in [5.41, 5.74) is 10.7. The first-order chi connectivity index (χ1) is 9.90. The van der Waals surface area contributed by atoms with E-state index < -0.39 is 35.6 Å². The van der Waals surface area contributed by atoms with Crippen molar-refractivity contribution in [2.24, 2.45) is 11.5 Å². The molecule has 8 heteroatoms. The van der Waals surface area contributed by atoms with Gasteiger partial charge in [0.1, 0.15) is 17.7 Å². The summed E-state index contributed by atoms with van der Waals surface area (Å²) in [6.07, 6.45) is 1.43. The lowest BCUT2D eigenvalue weighted by atomic mass is 10.1. The standard InChI is InChI=1S/C12H24N2O4.C2H4O2/c1-12(2,3)18-11(16)9(14)7-5-6-8(13)10(15)17-4;1-2(3)4/h8-9H,5-7,13-14H2,1-4H3;1H3,(H,3,4)/t8-,9?;/m0./s1. The second-order valence-electron chi connectivity index (χ2n) is 5.72. The van der Waals surface area contributed by atoms with E-state index in [1.807, 2.05) is 0 Å². The maximum atomic E-state index is 11.6. The lowest BCUT2D eigenvalue weighted by Gasteiger charge is -2.22. The van der Waals surface area contributed by atoms with E-state index in [4.69, 9.17) is 26.1 Å². The van der Waals surface area contributed by atoms with Gasteiger partial charge in [-0.2, -0.15) is 0 Å². The lowest BCUT2D eigenvalue weighted by molar-refractivity contribution is -0.156. The summed E-state index contributed by atoms with van der Waals surface area (Å²) in [6.45, 7) is 6.43. The second kappa shape index (κ2) is 11.0. The number of carboxylic acid groups (broad SMARTS) is 1. The molecule has 0 aromatic heterocycles. The van der Waals surface area contributed by atoms with Gasteiger partial charge >= 0.3 is 11.9 Å². The van der Waals surface area contributed by atoms with Crippen LogP contribution in [-0.4, -0.2) is 47.8 Å². The van der Waals surface area contributed by atoms with Gasteiger partial charge in [-0.15, -0.1) is 0 Å². The van der Waals surface area contributed by atoms with E-state index in [0.717, 1.165) is 6.92 Å². The number of carboxylic acids is 1. The van der Waals surface area contributed by atoms with Crippen LogP contribution in [0.4, 0.5) is 0 Å². The molecule has 0 saturated carbocycles. The van der Waals surface area contributed by atoms with Crippen LogP contribution >= 0.6 is 0 Å². The van der Waals surface area contributed by atoms with Crippen LogP contribution in [0.15, 0.2) is 0 Å². The molecule has 1 unspecified atom stereocenters. The summed E-state index contributed by atoms with van der Waals surface area (Å²) < 4.78 is 9.63. The predicted molar refractivity (Wildman–Crippen MR) is 81.0 cm³/mol. The minimum Gasteiger partial charge on any atom is -0.481 e. The molecular weight excluding hydrogens is 292 g/mol. The monoisotopic (exact) mass is 320 g/mol. The Labute approximate surface area is 131 Å². The minimum atomic E-state index is -0.833. The highest BCUT2D eigenvalue weighted by Gasteiger charge is 2.22. The fourth-order valence-corrected chi connectivity index (χ4v) is 1.32. The van der Waals surface area contributed by atoms with Crippen LogP contribution in [0.3, 0.4) is 0 Å². The van der Waals surface area contributed by atoms with Gasteiger partial charge in [-0.1, -0.05) is 0 Å². The summed E-state index contributed by atoms with van der Waals surface area (Å²) in [6, 6.07) is -1.35. The van der Waals surface area contributed by atoms with Gasteiger partial charge in [0.25, 0.3) is 5.97 Å². The second-order valence-corrected chi connectivity index (χ2v) is 5.72. The molecule has 0 bridgehead atoms. The Morgan fingerprint density at radius 3 is 1.73 bits per heavy atom. The topological polar surface area (TPSA) is 142 Å². The van der Waals surface area contributed by atoms with Gasteiger partial charge in [-0.3, -0.25) is 14.4 Å². The third kappa shape index (κ3) is 14.7. The number of rotatable bonds is 6. The average Bonchev–Trinajstić information content (AvgIpc) is 2.34. The fourth-order valence-electron chi connectivity index (χ4n) is 1.32. The van der Waals surface area contributed by atoms with Crippen LogP contribution in [0.2, 0.25) is 0 Å². The molecule has 0 radical (unpaired) electrons. The Hall–Kier alpha value is -1.67. The number of ether oxygens (including phenoxy) is 2. The zero-order chi connectivity index (χ0) is 17.9. The van der Waals surface area contributed by atoms with Crippen molar-refractivity contribution in [2.75, 3.05) is 7.11 Å². The van der Waals surface area contributed by atoms with E-state index in [1.165, 1.54) is 7.11 Å². The number of carbonyl (C=O) groups excluding carboxylic acids is 2. The Kier molecular flexibility index (Phi) is 11.3. The van der Waals surface area contributed by atoms with Crippen LogP contribution < -0.4 is 11.5 Å². The summed E-state index contributed by atoms with van der Waals surface area (Å²) in [5, 5.41) is 7.42. The van der Waals surface area contributed by atoms with E-state index in [2.05, 4.69) is 4.74 Å². The van der Waals surface area contributed by atoms with Gasteiger partial charge < -0.3 is 26.0 Å². The first kappa shape index (κ1) is 22.6. The molecule has 0 rings (SSSR count). The maximum absolute atomic E-state index is 11.6. The largest absolute Gasteiger partial charge is 0.481 e. The summed E-state index contributed by atoms with van der Waals surface area (Å²) >= 11 is 0. The number of nitrogens with two attached hydrogens (primary N) is 2. The Morgan fingerprint density at radius 2 is 1.41 bits per heavy atom. The van der Waals surface area contributed by atoms with Gasteiger partial charge in [-0.05, 0) is 40.0 Å². The molecule has 0 amide bonds. The molecule has 22 heavy (non-hydrogen) atoms. The Balaban J connectivity index is 0. The molecule has 0 aromatic carbocycles. The molecule has 0 fully saturated rings. The third-order valence-electron chi connectivity index (χ3n) is 2.24. The van der Waals surface area contributed by atoms with Crippen molar-refractivity contribution in [2.45, 2.75) is 64.6 Å². The number of aliphatic carboxylic acids is 1. The van der Waals surface area contributed by atoms with Crippen LogP contribution in [-0.2, 0) is 23.9 Å². The average molecular weight is 320 g/mol. The molecule has 0 spiro atoms. The van der Waals surface area contributed by atoms with Gasteiger partial charge in [0.05, 0.1) is 7.11 Å². The SMILES string of the molecule is CC(=O)O.COC(=O)[C@@H](N)CCCC(N)C(=O)OC(C)(C)C. The van der Waals surface area contributed by atoms with Crippen molar-refractivity contribution >= 4 is 17.9 Å². The Morgan fingerprint density at radius 1 is 1.05 bits per heavy atom. The maximum Gasteiger partial charge on any atom is 0.323 e. The molecule has 0 aromatic rings. The van der Waals surface area contributed by atoms with Crippen molar-refractivity contribution in [3.63, 3.8) is 0 Å². The number of carbonyl (C=O) groups is 3.